The normalized spacial score (nSPS) is 10.8. The molecule has 28 heavy (non-hydrogen) atoms. The third-order valence-electron chi connectivity index (χ3n) is 4.26. The number of hydrogen-bond acceptors (Lipinski definition) is 4. The molecule has 1 heterocycles. The summed E-state index contributed by atoms with van der Waals surface area (Å²) < 4.78 is 7.13. The molecule has 3 aromatic rings. The lowest BCUT2D eigenvalue weighted by Crippen LogP contribution is -2.30. The van der Waals surface area contributed by atoms with Gasteiger partial charge < -0.3 is 15.4 Å². The Kier molecular flexibility index (Phi) is 5.68. The first-order chi connectivity index (χ1) is 13.4. The first-order valence-corrected chi connectivity index (χ1v) is 9.27. The molecule has 6 heteroatoms. The molecule has 6 nitrogen and oxygen atoms in total. The van der Waals surface area contributed by atoms with Crippen molar-refractivity contribution in [2.24, 2.45) is 0 Å². The maximum absolute atomic E-state index is 12.7. The van der Waals surface area contributed by atoms with E-state index in [1.807, 2.05) is 74.8 Å². The van der Waals surface area contributed by atoms with Gasteiger partial charge >= 0.3 is 0 Å². The molecule has 1 amide bonds. The molecular formula is C22H26N4O2. The van der Waals surface area contributed by atoms with Gasteiger partial charge in [-0.25, -0.2) is 4.68 Å². The van der Waals surface area contributed by atoms with E-state index in [9.17, 15) is 4.79 Å². The fourth-order valence-electron chi connectivity index (χ4n) is 2.90. The Bertz CT molecular complexity index is 975. The number of hydrogen-bond donors (Lipinski definition) is 2. The van der Waals surface area contributed by atoms with Crippen molar-refractivity contribution < 1.29 is 9.53 Å². The predicted molar refractivity (Wildman–Crippen MR) is 112 cm³/mol. The first kappa shape index (κ1) is 19.5. The molecule has 0 spiro atoms. The second kappa shape index (κ2) is 8.17. The summed E-state index contributed by atoms with van der Waals surface area (Å²) in [6.07, 6.45) is 0. The van der Waals surface area contributed by atoms with Gasteiger partial charge in [0, 0.05) is 12.1 Å². The first-order valence-electron chi connectivity index (χ1n) is 9.27. The zero-order valence-corrected chi connectivity index (χ0v) is 16.9. The van der Waals surface area contributed by atoms with Crippen LogP contribution in [0.1, 0.15) is 35.5 Å². The number of amides is 1. The number of aromatic nitrogens is 2. The van der Waals surface area contributed by atoms with Gasteiger partial charge in [-0.1, -0.05) is 17.7 Å². The lowest BCUT2D eigenvalue weighted by Gasteiger charge is -2.16. The highest BCUT2D eigenvalue weighted by atomic mass is 16.5. The number of anilines is 2. The van der Waals surface area contributed by atoms with Crippen LogP contribution in [0.5, 0.6) is 5.75 Å². The van der Waals surface area contributed by atoms with Crippen LogP contribution in [0.2, 0.25) is 0 Å². The highest BCUT2D eigenvalue weighted by Gasteiger charge is 2.16. The van der Waals surface area contributed by atoms with Crippen molar-refractivity contribution in [1.29, 1.82) is 0 Å². The average Bonchev–Trinajstić information content (AvgIpc) is 3.02. The van der Waals surface area contributed by atoms with Crippen LogP contribution in [0.25, 0.3) is 5.69 Å². The van der Waals surface area contributed by atoms with Crippen molar-refractivity contribution in [2.75, 3.05) is 12.4 Å². The minimum atomic E-state index is -0.158. The monoisotopic (exact) mass is 378 g/mol. The fraction of sp³-hybridized carbons (Fsp3) is 0.273. The van der Waals surface area contributed by atoms with E-state index in [4.69, 9.17) is 4.74 Å². The van der Waals surface area contributed by atoms with E-state index < -0.39 is 0 Å². The molecule has 0 radical (unpaired) electrons. The number of carbonyl (C=O) groups excluding carboxylic acids is 1. The number of ether oxygens (including phenoxy) is 1. The van der Waals surface area contributed by atoms with E-state index in [0.717, 1.165) is 17.2 Å². The molecule has 2 N–H and O–H groups in total. The zero-order chi connectivity index (χ0) is 20.3. The lowest BCUT2D eigenvalue weighted by molar-refractivity contribution is 0.0943. The summed E-state index contributed by atoms with van der Waals surface area (Å²) in [5.74, 6) is 1.25. The molecule has 0 fully saturated rings. The standard InChI is InChI=1S/C22H26N4O2/c1-14(2)23-22(27)19-13-18(28-5)10-11-20(19)24-21-12-16(4)25-26(21)17-8-6-15(3)7-9-17/h6-14,24H,1-5H3,(H,23,27). The van der Waals surface area contributed by atoms with Crippen LogP contribution >= 0.6 is 0 Å². The minimum absolute atomic E-state index is 0.0341. The Balaban J connectivity index is 2.00. The van der Waals surface area contributed by atoms with Crippen molar-refractivity contribution in [2.45, 2.75) is 33.7 Å². The van der Waals surface area contributed by atoms with Crippen molar-refractivity contribution in [3.8, 4) is 11.4 Å². The molecule has 0 atom stereocenters. The quantitative estimate of drug-likeness (QED) is 0.668. The van der Waals surface area contributed by atoms with Crippen LogP contribution in [-0.4, -0.2) is 28.8 Å². The number of nitrogens with zero attached hydrogens (tertiary/aromatic N) is 2. The Morgan fingerprint density at radius 3 is 2.43 bits per heavy atom. The number of benzene rings is 2. The molecule has 0 aliphatic heterocycles. The molecular weight excluding hydrogens is 352 g/mol. The molecule has 0 aliphatic rings. The van der Waals surface area contributed by atoms with Crippen LogP contribution < -0.4 is 15.4 Å². The molecule has 0 aliphatic carbocycles. The Morgan fingerprint density at radius 1 is 1.07 bits per heavy atom. The van der Waals surface area contributed by atoms with Gasteiger partial charge in [-0.3, -0.25) is 4.79 Å². The van der Waals surface area contributed by atoms with Crippen LogP contribution in [-0.2, 0) is 0 Å². The zero-order valence-electron chi connectivity index (χ0n) is 16.9. The molecule has 1 aromatic heterocycles. The number of rotatable bonds is 6. The molecule has 146 valence electrons. The number of methoxy groups -OCH3 is 1. The highest BCUT2D eigenvalue weighted by molar-refractivity contribution is 6.00. The molecule has 3 rings (SSSR count). The van der Waals surface area contributed by atoms with Gasteiger partial charge in [-0.05, 0) is 58.0 Å². The van der Waals surface area contributed by atoms with Crippen LogP contribution in [0.4, 0.5) is 11.5 Å². The topological polar surface area (TPSA) is 68.2 Å². The van der Waals surface area contributed by atoms with Crippen molar-refractivity contribution >= 4 is 17.4 Å². The van der Waals surface area contributed by atoms with Gasteiger partial charge in [0.15, 0.2) is 0 Å². The third kappa shape index (κ3) is 4.34. The average molecular weight is 378 g/mol. The molecule has 0 saturated carbocycles. The summed E-state index contributed by atoms with van der Waals surface area (Å²) in [5, 5.41) is 10.9. The Morgan fingerprint density at radius 2 is 1.79 bits per heavy atom. The summed E-state index contributed by atoms with van der Waals surface area (Å²) in [7, 11) is 1.59. The fourth-order valence-corrected chi connectivity index (χ4v) is 2.90. The number of nitrogens with one attached hydrogen (secondary N) is 2. The van der Waals surface area contributed by atoms with Gasteiger partial charge in [-0.15, -0.1) is 0 Å². The SMILES string of the molecule is COc1ccc(Nc2cc(C)nn2-c2ccc(C)cc2)c(C(=O)NC(C)C)c1. The third-order valence-corrected chi connectivity index (χ3v) is 4.26. The molecule has 2 aromatic carbocycles. The second-order valence-electron chi connectivity index (χ2n) is 7.08. The minimum Gasteiger partial charge on any atom is -0.497 e. The largest absolute Gasteiger partial charge is 0.497 e. The van der Waals surface area contributed by atoms with Gasteiger partial charge in [0.1, 0.15) is 11.6 Å². The van der Waals surface area contributed by atoms with E-state index in [-0.39, 0.29) is 11.9 Å². The maximum atomic E-state index is 12.7. The van der Waals surface area contributed by atoms with Crippen molar-refractivity contribution in [1.82, 2.24) is 15.1 Å². The number of carbonyl (C=O) groups is 1. The molecule has 0 unspecified atom stereocenters. The molecule has 0 saturated heterocycles. The van der Waals surface area contributed by atoms with Crippen LogP contribution in [0.3, 0.4) is 0 Å². The number of aryl methyl sites for hydroxylation is 2. The van der Waals surface area contributed by atoms with Gasteiger partial charge in [0.25, 0.3) is 5.91 Å². The van der Waals surface area contributed by atoms with Crippen LogP contribution in [0, 0.1) is 13.8 Å². The Labute approximate surface area is 165 Å². The second-order valence-corrected chi connectivity index (χ2v) is 7.08. The van der Waals surface area contributed by atoms with Gasteiger partial charge in [0.2, 0.25) is 0 Å². The lowest BCUT2D eigenvalue weighted by atomic mass is 10.1. The molecule has 0 bridgehead atoms. The van der Waals surface area contributed by atoms with Crippen molar-refractivity contribution in [3.05, 3.63) is 65.4 Å². The smallest absolute Gasteiger partial charge is 0.253 e. The summed E-state index contributed by atoms with van der Waals surface area (Å²) in [6, 6.07) is 15.5. The Hall–Kier alpha value is -3.28. The van der Waals surface area contributed by atoms with E-state index >= 15 is 0 Å². The summed E-state index contributed by atoms with van der Waals surface area (Å²) in [6.45, 7) is 7.85. The van der Waals surface area contributed by atoms with E-state index in [0.29, 0.717) is 17.0 Å². The highest BCUT2D eigenvalue weighted by Crippen LogP contribution is 2.27. The van der Waals surface area contributed by atoms with E-state index in [1.165, 1.54) is 5.56 Å². The van der Waals surface area contributed by atoms with E-state index in [2.05, 4.69) is 15.7 Å². The summed E-state index contributed by atoms with van der Waals surface area (Å²) in [5.41, 5.74) is 4.21. The van der Waals surface area contributed by atoms with Crippen LogP contribution in [0.15, 0.2) is 48.5 Å². The summed E-state index contributed by atoms with van der Waals surface area (Å²) in [4.78, 5) is 12.7. The van der Waals surface area contributed by atoms with E-state index in [1.54, 1.807) is 13.2 Å². The summed E-state index contributed by atoms with van der Waals surface area (Å²) >= 11 is 0. The van der Waals surface area contributed by atoms with Crippen molar-refractivity contribution in [3.63, 3.8) is 0 Å². The van der Waals surface area contributed by atoms with Gasteiger partial charge in [0.05, 0.1) is 29.7 Å². The van der Waals surface area contributed by atoms with Gasteiger partial charge in [-0.2, -0.15) is 5.10 Å². The predicted octanol–water partition coefficient (Wildman–Crippen LogP) is 4.38. The maximum Gasteiger partial charge on any atom is 0.253 e.